The Morgan fingerprint density at radius 2 is 2.13 bits per heavy atom. The second kappa shape index (κ2) is 8.87. The van der Waals surface area contributed by atoms with Gasteiger partial charge in [0.15, 0.2) is 5.16 Å². The quantitative estimate of drug-likeness (QED) is 0.184. The molecule has 124 valence electrons. The van der Waals surface area contributed by atoms with Gasteiger partial charge in [-0.1, -0.05) is 50.1 Å². The smallest absolute Gasteiger partial charge is 0.262 e. The van der Waals surface area contributed by atoms with Crippen LogP contribution in [0.2, 0.25) is 0 Å². The van der Waals surface area contributed by atoms with Crippen molar-refractivity contribution in [1.82, 2.24) is 9.55 Å². The van der Waals surface area contributed by atoms with Gasteiger partial charge in [-0.15, -0.1) is 0 Å². The molecule has 0 bridgehead atoms. The molecule has 2 rings (SSSR count). The van der Waals surface area contributed by atoms with Crippen molar-refractivity contribution in [2.24, 2.45) is 0 Å². The van der Waals surface area contributed by atoms with E-state index in [-0.39, 0.29) is 5.56 Å². The molecule has 1 aromatic heterocycles. The Labute approximate surface area is 155 Å². The third-order valence-electron chi connectivity index (χ3n) is 3.54. The standard InChI is InChI=1S/C18H23IN2OS/c1-4-5-6-7-10-23-18-20-16-9-8-14(19)11-15(16)17(22)21(18)12-13(2)3/h8-9,11H,2,4-7,10,12H2,1,3H3. The summed E-state index contributed by atoms with van der Waals surface area (Å²) in [5.41, 5.74) is 1.78. The van der Waals surface area contributed by atoms with Crippen LogP contribution in [0.4, 0.5) is 0 Å². The molecule has 0 N–H and O–H groups in total. The highest BCUT2D eigenvalue weighted by Crippen LogP contribution is 2.21. The molecule has 0 radical (unpaired) electrons. The van der Waals surface area contributed by atoms with E-state index < -0.39 is 0 Å². The number of fused-ring (bicyclic) bond motifs is 1. The fourth-order valence-electron chi connectivity index (χ4n) is 2.38. The lowest BCUT2D eigenvalue weighted by Crippen LogP contribution is -2.24. The predicted molar refractivity (Wildman–Crippen MR) is 108 cm³/mol. The van der Waals surface area contributed by atoms with Gasteiger partial charge >= 0.3 is 0 Å². The molecule has 0 aliphatic carbocycles. The maximum Gasteiger partial charge on any atom is 0.262 e. The number of allylic oxidation sites excluding steroid dienone is 1. The normalized spacial score (nSPS) is 11.1. The van der Waals surface area contributed by atoms with E-state index in [1.54, 1.807) is 16.3 Å². The van der Waals surface area contributed by atoms with E-state index in [1.165, 1.54) is 19.3 Å². The molecule has 0 atom stereocenters. The first kappa shape index (κ1) is 18.5. The number of hydrogen-bond acceptors (Lipinski definition) is 3. The van der Waals surface area contributed by atoms with Crippen molar-refractivity contribution in [1.29, 1.82) is 0 Å². The predicted octanol–water partition coefficient (Wildman–Crippen LogP) is 5.25. The molecule has 1 heterocycles. The SMILES string of the molecule is C=C(C)Cn1c(SCCCCCC)nc2ccc(I)cc2c1=O. The minimum absolute atomic E-state index is 0.0348. The maximum absolute atomic E-state index is 12.8. The molecular formula is C18H23IN2OS. The summed E-state index contributed by atoms with van der Waals surface area (Å²) in [7, 11) is 0. The molecule has 2 aromatic rings. The first-order chi connectivity index (χ1) is 11.0. The minimum atomic E-state index is 0.0348. The van der Waals surface area contributed by atoms with E-state index in [0.717, 1.165) is 32.0 Å². The summed E-state index contributed by atoms with van der Waals surface area (Å²) in [5.74, 6) is 0.999. The van der Waals surface area contributed by atoms with Crippen LogP contribution in [0.1, 0.15) is 39.5 Å². The van der Waals surface area contributed by atoms with E-state index in [2.05, 4.69) is 36.1 Å². The average molecular weight is 442 g/mol. The summed E-state index contributed by atoms with van der Waals surface area (Å²) in [4.78, 5) is 17.6. The Bertz CT molecular complexity index is 755. The lowest BCUT2D eigenvalue weighted by Gasteiger charge is -2.13. The van der Waals surface area contributed by atoms with Crippen molar-refractivity contribution in [3.8, 4) is 0 Å². The van der Waals surface area contributed by atoms with Crippen LogP contribution in [0.5, 0.6) is 0 Å². The van der Waals surface area contributed by atoms with Crippen LogP contribution < -0.4 is 5.56 Å². The number of nitrogens with zero attached hydrogens (tertiary/aromatic N) is 2. The van der Waals surface area contributed by atoms with E-state index >= 15 is 0 Å². The summed E-state index contributed by atoms with van der Waals surface area (Å²) < 4.78 is 2.82. The number of benzene rings is 1. The summed E-state index contributed by atoms with van der Waals surface area (Å²) in [6.07, 6.45) is 4.90. The Kier molecular flexibility index (Phi) is 7.14. The van der Waals surface area contributed by atoms with Gasteiger partial charge in [0, 0.05) is 15.9 Å². The molecule has 0 spiro atoms. The number of thioether (sulfide) groups is 1. The molecule has 0 aliphatic rings. The minimum Gasteiger partial charge on any atom is -0.283 e. The zero-order valence-electron chi connectivity index (χ0n) is 13.8. The van der Waals surface area contributed by atoms with E-state index in [0.29, 0.717) is 11.9 Å². The van der Waals surface area contributed by atoms with Gasteiger partial charge in [-0.25, -0.2) is 4.98 Å². The maximum atomic E-state index is 12.8. The molecule has 0 amide bonds. The zero-order valence-corrected chi connectivity index (χ0v) is 16.7. The second-order valence-electron chi connectivity index (χ2n) is 5.81. The number of rotatable bonds is 8. The van der Waals surface area contributed by atoms with Gasteiger partial charge in [0.2, 0.25) is 0 Å². The lowest BCUT2D eigenvalue weighted by molar-refractivity contribution is 0.649. The van der Waals surface area contributed by atoms with Crippen LogP contribution in [0.15, 0.2) is 40.3 Å². The van der Waals surface area contributed by atoms with Crippen LogP contribution in [-0.2, 0) is 6.54 Å². The molecule has 0 aliphatic heterocycles. The third kappa shape index (κ3) is 5.08. The van der Waals surface area contributed by atoms with E-state index in [1.807, 2.05) is 25.1 Å². The highest BCUT2D eigenvalue weighted by Gasteiger charge is 2.12. The second-order valence-corrected chi connectivity index (χ2v) is 8.12. The van der Waals surface area contributed by atoms with Gasteiger partial charge in [-0.2, -0.15) is 0 Å². The van der Waals surface area contributed by atoms with Crippen molar-refractivity contribution in [3.63, 3.8) is 0 Å². The van der Waals surface area contributed by atoms with Gasteiger partial charge in [-0.05, 0) is 54.1 Å². The van der Waals surface area contributed by atoms with Gasteiger partial charge in [0.1, 0.15) is 0 Å². The van der Waals surface area contributed by atoms with Crippen LogP contribution in [0.3, 0.4) is 0 Å². The van der Waals surface area contributed by atoms with E-state index in [9.17, 15) is 4.79 Å². The van der Waals surface area contributed by atoms with Crippen molar-refractivity contribution < 1.29 is 0 Å². The molecule has 23 heavy (non-hydrogen) atoms. The van der Waals surface area contributed by atoms with Crippen LogP contribution in [0.25, 0.3) is 10.9 Å². The molecule has 3 nitrogen and oxygen atoms in total. The fourth-order valence-corrected chi connectivity index (χ4v) is 3.87. The Hall–Kier alpha value is -0.820. The zero-order chi connectivity index (χ0) is 16.8. The molecule has 0 saturated heterocycles. The van der Waals surface area contributed by atoms with Crippen molar-refractivity contribution in [3.05, 3.63) is 44.3 Å². The van der Waals surface area contributed by atoms with Crippen molar-refractivity contribution in [2.45, 2.75) is 51.2 Å². The van der Waals surface area contributed by atoms with Gasteiger partial charge < -0.3 is 0 Å². The number of aromatic nitrogens is 2. The summed E-state index contributed by atoms with van der Waals surface area (Å²) in [6, 6.07) is 5.84. The molecule has 5 heteroatoms. The first-order valence-electron chi connectivity index (χ1n) is 8.00. The molecule has 0 fully saturated rings. The van der Waals surface area contributed by atoms with Crippen LogP contribution in [0, 0.1) is 3.57 Å². The number of unbranched alkanes of at least 4 members (excludes halogenated alkanes) is 3. The van der Waals surface area contributed by atoms with Gasteiger partial charge in [0.05, 0.1) is 10.9 Å². The lowest BCUT2D eigenvalue weighted by atomic mass is 10.2. The number of halogens is 1. The monoisotopic (exact) mass is 442 g/mol. The number of hydrogen-bond donors (Lipinski definition) is 0. The third-order valence-corrected chi connectivity index (χ3v) is 5.27. The van der Waals surface area contributed by atoms with Crippen molar-refractivity contribution >= 4 is 45.3 Å². The van der Waals surface area contributed by atoms with Gasteiger partial charge in [-0.3, -0.25) is 9.36 Å². The molecule has 0 unspecified atom stereocenters. The largest absolute Gasteiger partial charge is 0.283 e. The summed E-state index contributed by atoms with van der Waals surface area (Å²) in [6.45, 7) is 8.64. The first-order valence-corrected chi connectivity index (χ1v) is 10.1. The summed E-state index contributed by atoms with van der Waals surface area (Å²) in [5, 5.41) is 1.50. The topological polar surface area (TPSA) is 34.9 Å². The highest BCUT2D eigenvalue weighted by molar-refractivity contribution is 14.1. The summed E-state index contributed by atoms with van der Waals surface area (Å²) >= 11 is 3.91. The highest BCUT2D eigenvalue weighted by atomic mass is 127. The Morgan fingerprint density at radius 1 is 1.35 bits per heavy atom. The molecular weight excluding hydrogens is 419 g/mol. The van der Waals surface area contributed by atoms with Gasteiger partial charge in [0.25, 0.3) is 5.56 Å². The Morgan fingerprint density at radius 3 is 2.83 bits per heavy atom. The van der Waals surface area contributed by atoms with Crippen LogP contribution in [-0.4, -0.2) is 15.3 Å². The van der Waals surface area contributed by atoms with E-state index in [4.69, 9.17) is 4.98 Å². The Balaban J connectivity index is 2.34. The average Bonchev–Trinajstić information content (AvgIpc) is 2.51. The van der Waals surface area contributed by atoms with Crippen LogP contribution >= 0.6 is 34.4 Å². The fraction of sp³-hybridized carbons (Fsp3) is 0.444. The van der Waals surface area contributed by atoms with Crippen molar-refractivity contribution in [2.75, 3.05) is 5.75 Å². The molecule has 0 saturated carbocycles. The molecule has 1 aromatic carbocycles.